The molecular formula is C15H25NO. The van der Waals surface area contributed by atoms with Crippen LogP contribution in [-0.4, -0.2) is 23.9 Å². The minimum Gasteiger partial charge on any atom is -0.343 e. The maximum Gasteiger partial charge on any atom is 0.226 e. The van der Waals surface area contributed by atoms with Crippen molar-refractivity contribution in [3.05, 3.63) is 0 Å². The zero-order valence-corrected chi connectivity index (χ0v) is 11.4. The molecule has 4 fully saturated rings. The number of amides is 1. The summed E-state index contributed by atoms with van der Waals surface area (Å²) in [6, 6.07) is 0.347. The average molecular weight is 235 g/mol. The van der Waals surface area contributed by atoms with Crippen molar-refractivity contribution in [2.24, 2.45) is 29.6 Å². The summed E-state index contributed by atoms with van der Waals surface area (Å²) in [5.41, 5.74) is 0. The number of carbonyl (C=O) groups is 1. The summed E-state index contributed by atoms with van der Waals surface area (Å²) in [5.74, 6) is 4.18. The first-order chi connectivity index (χ1) is 8.06. The molecule has 4 rings (SSSR count). The van der Waals surface area contributed by atoms with Crippen molar-refractivity contribution in [1.29, 1.82) is 0 Å². The van der Waals surface area contributed by atoms with Gasteiger partial charge in [0.1, 0.15) is 0 Å². The second-order valence-electron chi connectivity index (χ2n) is 7.00. The van der Waals surface area contributed by atoms with Gasteiger partial charge in [0.15, 0.2) is 0 Å². The first-order valence-electron chi connectivity index (χ1n) is 7.33. The van der Waals surface area contributed by atoms with Crippen LogP contribution in [-0.2, 0) is 4.79 Å². The fraction of sp³-hybridized carbons (Fsp3) is 0.933. The van der Waals surface area contributed by atoms with Crippen molar-refractivity contribution in [2.45, 2.75) is 52.0 Å². The highest BCUT2D eigenvalue weighted by Gasteiger charge is 2.51. The summed E-state index contributed by atoms with van der Waals surface area (Å²) in [7, 11) is 1.98. The Kier molecular flexibility index (Phi) is 2.72. The van der Waals surface area contributed by atoms with Crippen LogP contribution in [0.4, 0.5) is 0 Å². The molecule has 96 valence electrons. The van der Waals surface area contributed by atoms with E-state index in [4.69, 9.17) is 0 Å². The first-order valence-corrected chi connectivity index (χ1v) is 7.33. The summed E-state index contributed by atoms with van der Waals surface area (Å²) in [5, 5.41) is 0. The summed E-state index contributed by atoms with van der Waals surface area (Å²) >= 11 is 0. The maximum atomic E-state index is 12.6. The number of nitrogens with zero attached hydrogens (tertiary/aromatic N) is 1. The lowest BCUT2D eigenvalue weighted by molar-refractivity contribution is -0.149. The van der Waals surface area contributed by atoms with E-state index in [-0.39, 0.29) is 0 Å². The first kappa shape index (κ1) is 11.6. The van der Waals surface area contributed by atoms with Gasteiger partial charge in [-0.2, -0.15) is 0 Å². The fourth-order valence-corrected chi connectivity index (χ4v) is 4.82. The molecule has 0 atom stereocenters. The number of carbonyl (C=O) groups excluding carboxylic acids is 1. The van der Waals surface area contributed by atoms with E-state index in [2.05, 4.69) is 13.8 Å². The van der Waals surface area contributed by atoms with Gasteiger partial charge in [0.2, 0.25) is 5.91 Å². The van der Waals surface area contributed by atoms with Gasteiger partial charge in [-0.25, -0.2) is 0 Å². The van der Waals surface area contributed by atoms with E-state index in [1.807, 2.05) is 11.9 Å². The zero-order valence-electron chi connectivity index (χ0n) is 11.4. The third kappa shape index (κ3) is 1.80. The second-order valence-corrected chi connectivity index (χ2v) is 7.00. The van der Waals surface area contributed by atoms with Crippen molar-refractivity contribution < 1.29 is 4.79 Å². The van der Waals surface area contributed by atoms with Crippen LogP contribution in [0, 0.1) is 29.6 Å². The van der Waals surface area contributed by atoms with Crippen molar-refractivity contribution in [1.82, 2.24) is 4.90 Å². The highest BCUT2D eigenvalue weighted by atomic mass is 16.2. The Morgan fingerprint density at radius 1 is 1.00 bits per heavy atom. The van der Waals surface area contributed by atoms with Crippen LogP contribution in [0.25, 0.3) is 0 Å². The second kappa shape index (κ2) is 4.00. The molecule has 4 aliphatic carbocycles. The molecule has 4 saturated carbocycles. The average Bonchev–Trinajstić information content (AvgIpc) is 2.26. The van der Waals surface area contributed by atoms with E-state index in [1.165, 1.54) is 32.1 Å². The molecule has 0 N–H and O–H groups in total. The molecule has 4 aliphatic rings. The molecule has 0 aromatic carbocycles. The van der Waals surface area contributed by atoms with Gasteiger partial charge in [0.05, 0.1) is 0 Å². The molecule has 1 amide bonds. The Bertz CT molecular complexity index is 295. The van der Waals surface area contributed by atoms with Gasteiger partial charge in [-0.15, -0.1) is 0 Å². The molecular weight excluding hydrogens is 210 g/mol. The third-order valence-electron chi connectivity index (χ3n) is 5.63. The van der Waals surface area contributed by atoms with Crippen LogP contribution in [0.2, 0.25) is 0 Å². The fourth-order valence-electron chi connectivity index (χ4n) is 4.82. The van der Waals surface area contributed by atoms with E-state index in [0.717, 1.165) is 23.7 Å². The molecule has 0 unspecified atom stereocenters. The summed E-state index contributed by atoms with van der Waals surface area (Å²) < 4.78 is 0. The maximum absolute atomic E-state index is 12.6. The molecule has 0 heterocycles. The molecule has 4 bridgehead atoms. The van der Waals surface area contributed by atoms with E-state index in [9.17, 15) is 4.79 Å². The number of hydrogen-bond donors (Lipinski definition) is 0. The van der Waals surface area contributed by atoms with Crippen LogP contribution in [0.5, 0.6) is 0 Å². The Balaban J connectivity index is 1.78. The molecule has 0 aliphatic heterocycles. The minimum atomic E-state index is 0.347. The quantitative estimate of drug-likeness (QED) is 0.720. The van der Waals surface area contributed by atoms with E-state index in [0.29, 0.717) is 17.9 Å². The highest BCUT2D eigenvalue weighted by molar-refractivity contribution is 5.79. The van der Waals surface area contributed by atoms with Gasteiger partial charge < -0.3 is 4.90 Å². The van der Waals surface area contributed by atoms with E-state index >= 15 is 0 Å². The molecule has 0 aromatic rings. The van der Waals surface area contributed by atoms with Gasteiger partial charge in [-0.1, -0.05) is 0 Å². The third-order valence-corrected chi connectivity index (χ3v) is 5.63. The van der Waals surface area contributed by atoms with Crippen LogP contribution in [0.1, 0.15) is 46.0 Å². The highest BCUT2D eigenvalue weighted by Crippen LogP contribution is 2.56. The van der Waals surface area contributed by atoms with Gasteiger partial charge >= 0.3 is 0 Å². The number of rotatable bonds is 2. The molecule has 0 aromatic heterocycles. The molecule has 2 heteroatoms. The Morgan fingerprint density at radius 2 is 1.47 bits per heavy atom. The summed E-state index contributed by atoms with van der Waals surface area (Å²) in [6.45, 7) is 4.24. The standard InChI is InChI=1S/C15H25NO/c1-9(2)16(3)15(17)14-12-5-10-4-11(7-12)8-13(14)6-10/h9-14H,4-8H2,1-3H3. The van der Waals surface area contributed by atoms with Gasteiger partial charge in [-0.3, -0.25) is 4.79 Å². The predicted molar refractivity (Wildman–Crippen MR) is 68.4 cm³/mol. The van der Waals surface area contributed by atoms with Crippen molar-refractivity contribution in [3.8, 4) is 0 Å². The molecule has 17 heavy (non-hydrogen) atoms. The lowest BCUT2D eigenvalue weighted by atomic mass is 9.51. The normalized spacial score (nSPS) is 43.2. The van der Waals surface area contributed by atoms with E-state index in [1.54, 1.807) is 0 Å². The smallest absolute Gasteiger partial charge is 0.226 e. The van der Waals surface area contributed by atoms with Crippen molar-refractivity contribution in [2.75, 3.05) is 7.05 Å². The lowest BCUT2D eigenvalue weighted by Crippen LogP contribution is -2.52. The Labute approximate surface area is 105 Å². The van der Waals surface area contributed by atoms with Gasteiger partial charge in [0.25, 0.3) is 0 Å². The lowest BCUT2D eigenvalue weighted by Gasteiger charge is -2.54. The Morgan fingerprint density at radius 3 is 1.88 bits per heavy atom. The largest absolute Gasteiger partial charge is 0.343 e. The van der Waals surface area contributed by atoms with Crippen LogP contribution < -0.4 is 0 Å². The number of hydrogen-bond acceptors (Lipinski definition) is 1. The SMILES string of the molecule is CC(C)N(C)C(=O)C1C2CC3CC(C2)CC1C3. The molecule has 0 saturated heterocycles. The van der Waals surface area contributed by atoms with Crippen LogP contribution >= 0.6 is 0 Å². The van der Waals surface area contributed by atoms with Crippen LogP contribution in [0.3, 0.4) is 0 Å². The molecule has 0 radical (unpaired) electrons. The van der Waals surface area contributed by atoms with Gasteiger partial charge in [-0.05, 0) is 69.6 Å². The minimum absolute atomic E-state index is 0.347. The zero-order chi connectivity index (χ0) is 12.2. The topological polar surface area (TPSA) is 20.3 Å². The van der Waals surface area contributed by atoms with Crippen molar-refractivity contribution in [3.63, 3.8) is 0 Å². The Hall–Kier alpha value is -0.530. The summed E-state index contributed by atoms with van der Waals surface area (Å²) in [6.07, 6.45) is 6.84. The molecule has 0 spiro atoms. The van der Waals surface area contributed by atoms with Crippen molar-refractivity contribution >= 4 is 5.91 Å². The molecule has 2 nitrogen and oxygen atoms in total. The van der Waals surface area contributed by atoms with Gasteiger partial charge in [0, 0.05) is 19.0 Å². The van der Waals surface area contributed by atoms with Crippen LogP contribution in [0.15, 0.2) is 0 Å². The predicted octanol–water partition coefficient (Wildman–Crippen LogP) is 2.93. The van der Waals surface area contributed by atoms with E-state index < -0.39 is 0 Å². The monoisotopic (exact) mass is 235 g/mol. The summed E-state index contributed by atoms with van der Waals surface area (Å²) in [4.78, 5) is 14.6.